The highest BCUT2D eigenvalue weighted by Gasteiger charge is 2.28. The molecule has 0 saturated carbocycles. The van der Waals surface area contributed by atoms with Gasteiger partial charge in [0.2, 0.25) is 5.91 Å². The number of pyridine rings is 1. The van der Waals surface area contributed by atoms with Gasteiger partial charge in [-0.15, -0.1) is 0 Å². The van der Waals surface area contributed by atoms with Crippen molar-refractivity contribution >= 4 is 39.6 Å². The average molecular weight is 464 g/mol. The van der Waals surface area contributed by atoms with Gasteiger partial charge in [0.1, 0.15) is 22.7 Å². The number of carbonyl (C=O) groups is 1. The fourth-order valence-corrected chi connectivity index (χ4v) is 4.82. The molecule has 4 heterocycles. The number of hydrogen-bond donors (Lipinski definition) is 1. The van der Waals surface area contributed by atoms with Crippen LogP contribution in [0, 0.1) is 12.8 Å². The van der Waals surface area contributed by atoms with Gasteiger partial charge in [0.15, 0.2) is 11.4 Å². The number of anilines is 2. The van der Waals surface area contributed by atoms with E-state index in [1.54, 1.807) is 6.20 Å². The fraction of sp³-hybridized carbons (Fsp3) is 0.214. The van der Waals surface area contributed by atoms with Crippen molar-refractivity contribution in [1.29, 1.82) is 0 Å². The second-order valence-electron chi connectivity index (χ2n) is 9.02. The van der Waals surface area contributed by atoms with Gasteiger partial charge in [-0.1, -0.05) is 42.5 Å². The molecule has 3 aromatic heterocycles. The van der Waals surface area contributed by atoms with Crippen LogP contribution < -0.4 is 10.2 Å². The summed E-state index contributed by atoms with van der Waals surface area (Å²) >= 11 is 0. The van der Waals surface area contributed by atoms with Gasteiger partial charge in [-0.05, 0) is 49.1 Å². The number of carbonyl (C=O) groups excluding carboxylic acids is 1. The molecular formula is C28H25N5O2. The monoisotopic (exact) mass is 463 g/mol. The molecule has 1 aliphatic rings. The zero-order valence-corrected chi connectivity index (χ0v) is 19.4. The molecule has 0 aliphatic carbocycles. The summed E-state index contributed by atoms with van der Waals surface area (Å²) in [7, 11) is 0. The molecule has 0 radical (unpaired) electrons. The highest BCUT2D eigenvalue weighted by molar-refractivity contribution is 6.05. The average Bonchev–Trinajstić information content (AvgIpc) is 3.49. The number of nitrogens with one attached hydrogen (secondary N) is 1. The lowest BCUT2D eigenvalue weighted by atomic mass is 10.0. The highest BCUT2D eigenvalue weighted by Crippen LogP contribution is 2.35. The van der Waals surface area contributed by atoms with E-state index < -0.39 is 0 Å². The topological polar surface area (TPSA) is 84.2 Å². The lowest BCUT2D eigenvalue weighted by molar-refractivity contribution is -0.117. The molecule has 0 spiro atoms. The number of amides is 1. The molecule has 1 N–H and O–H groups in total. The largest absolute Gasteiger partial charge is 0.450 e. The molecule has 174 valence electrons. The molecule has 1 fully saturated rings. The van der Waals surface area contributed by atoms with E-state index in [-0.39, 0.29) is 11.8 Å². The van der Waals surface area contributed by atoms with Gasteiger partial charge >= 0.3 is 0 Å². The van der Waals surface area contributed by atoms with Gasteiger partial charge in [0.25, 0.3) is 0 Å². The van der Waals surface area contributed by atoms with E-state index in [1.807, 2.05) is 73.7 Å². The molecule has 7 nitrogen and oxygen atoms in total. The van der Waals surface area contributed by atoms with Crippen LogP contribution in [0.4, 0.5) is 11.6 Å². The van der Waals surface area contributed by atoms with Gasteiger partial charge in [0, 0.05) is 36.7 Å². The van der Waals surface area contributed by atoms with Crippen LogP contribution in [-0.2, 0) is 4.79 Å². The Bertz CT molecular complexity index is 1510. The Kier molecular flexibility index (Phi) is 5.37. The predicted octanol–water partition coefficient (Wildman–Crippen LogP) is 5.60. The number of nitrogens with zero attached hydrogens (tertiary/aromatic N) is 4. The van der Waals surface area contributed by atoms with E-state index in [4.69, 9.17) is 9.40 Å². The van der Waals surface area contributed by atoms with Crippen molar-refractivity contribution in [3.05, 3.63) is 78.8 Å². The Morgan fingerprint density at radius 1 is 1.03 bits per heavy atom. The van der Waals surface area contributed by atoms with E-state index in [0.717, 1.165) is 52.9 Å². The van der Waals surface area contributed by atoms with Crippen LogP contribution in [0.3, 0.4) is 0 Å². The summed E-state index contributed by atoms with van der Waals surface area (Å²) in [4.78, 5) is 28.7. The lowest BCUT2D eigenvalue weighted by Gasteiger charge is -2.18. The summed E-state index contributed by atoms with van der Waals surface area (Å²) in [6, 6.07) is 21.8. The first-order valence-corrected chi connectivity index (χ1v) is 11.9. The Balaban J connectivity index is 1.13. The molecule has 35 heavy (non-hydrogen) atoms. The third-order valence-corrected chi connectivity index (χ3v) is 6.51. The summed E-state index contributed by atoms with van der Waals surface area (Å²) in [5, 5.41) is 3.94. The van der Waals surface area contributed by atoms with Crippen molar-refractivity contribution in [1.82, 2.24) is 15.0 Å². The maximum Gasteiger partial charge on any atom is 0.225 e. The number of hydrogen-bond acceptors (Lipinski definition) is 6. The van der Waals surface area contributed by atoms with E-state index in [9.17, 15) is 4.79 Å². The van der Waals surface area contributed by atoms with Crippen LogP contribution in [0.5, 0.6) is 0 Å². The summed E-state index contributed by atoms with van der Waals surface area (Å²) in [6.45, 7) is 3.47. The molecule has 5 aromatic rings. The summed E-state index contributed by atoms with van der Waals surface area (Å²) < 4.78 is 6.13. The van der Waals surface area contributed by atoms with Gasteiger partial charge in [-0.2, -0.15) is 0 Å². The molecular weight excluding hydrogens is 438 g/mol. The Morgan fingerprint density at radius 3 is 2.69 bits per heavy atom. The molecule has 0 bridgehead atoms. The Morgan fingerprint density at radius 2 is 1.86 bits per heavy atom. The van der Waals surface area contributed by atoms with E-state index >= 15 is 0 Å². The van der Waals surface area contributed by atoms with Crippen LogP contribution in [0.15, 0.2) is 77.3 Å². The van der Waals surface area contributed by atoms with Gasteiger partial charge in [0.05, 0.1) is 0 Å². The van der Waals surface area contributed by atoms with Gasteiger partial charge in [-0.25, -0.2) is 15.0 Å². The minimum absolute atomic E-state index is 0.0236. The number of aryl methyl sites for hydroxylation is 1. The molecule has 1 aliphatic heterocycles. The van der Waals surface area contributed by atoms with Crippen molar-refractivity contribution in [2.45, 2.75) is 19.8 Å². The quantitative estimate of drug-likeness (QED) is 0.365. The Hall–Kier alpha value is -4.26. The minimum Gasteiger partial charge on any atom is -0.450 e. The van der Waals surface area contributed by atoms with Gasteiger partial charge < -0.3 is 14.6 Å². The first-order chi connectivity index (χ1) is 17.1. The zero-order chi connectivity index (χ0) is 23.8. The first kappa shape index (κ1) is 21.3. The number of para-hydroxylation sites is 1. The third-order valence-electron chi connectivity index (χ3n) is 6.51. The normalized spacial score (nSPS) is 15.7. The maximum atomic E-state index is 12.7. The molecule has 1 saturated heterocycles. The van der Waals surface area contributed by atoms with Crippen LogP contribution in [-0.4, -0.2) is 33.9 Å². The lowest BCUT2D eigenvalue weighted by Crippen LogP contribution is -2.23. The predicted molar refractivity (Wildman–Crippen MR) is 137 cm³/mol. The highest BCUT2D eigenvalue weighted by atomic mass is 16.3. The van der Waals surface area contributed by atoms with E-state index in [2.05, 4.69) is 20.2 Å². The molecule has 1 atom stereocenters. The molecule has 2 aromatic carbocycles. The van der Waals surface area contributed by atoms with Crippen molar-refractivity contribution in [2.75, 3.05) is 23.3 Å². The number of rotatable bonds is 5. The molecule has 6 rings (SSSR count). The van der Waals surface area contributed by atoms with Crippen molar-refractivity contribution in [3.8, 4) is 11.1 Å². The summed E-state index contributed by atoms with van der Waals surface area (Å²) in [5.74, 6) is 2.30. The second kappa shape index (κ2) is 8.83. The molecule has 1 amide bonds. The van der Waals surface area contributed by atoms with Crippen LogP contribution in [0.1, 0.15) is 18.7 Å². The summed E-state index contributed by atoms with van der Waals surface area (Å²) in [6.07, 6.45) is 3.14. The van der Waals surface area contributed by atoms with Crippen molar-refractivity contribution in [3.63, 3.8) is 0 Å². The first-order valence-electron chi connectivity index (χ1n) is 11.9. The number of fused-ring (bicyclic) bond motifs is 3. The van der Waals surface area contributed by atoms with Gasteiger partial charge in [-0.3, -0.25) is 4.79 Å². The van der Waals surface area contributed by atoms with Crippen molar-refractivity contribution in [2.24, 2.45) is 5.92 Å². The van der Waals surface area contributed by atoms with Crippen molar-refractivity contribution < 1.29 is 9.21 Å². The zero-order valence-electron chi connectivity index (χ0n) is 19.4. The smallest absolute Gasteiger partial charge is 0.225 e. The van der Waals surface area contributed by atoms with Crippen LogP contribution in [0.25, 0.3) is 33.2 Å². The fourth-order valence-electron chi connectivity index (χ4n) is 4.82. The van der Waals surface area contributed by atoms with Crippen LogP contribution >= 0.6 is 0 Å². The maximum absolute atomic E-state index is 12.7. The van der Waals surface area contributed by atoms with E-state index in [1.165, 1.54) is 0 Å². The second-order valence-corrected chi connectivity index (χ2v) is 9.02. The third kappa shape index (κ3) is 4.21. The standard InChI is InChI=1S/C28H25N5O2/c1-18-30-26-22-9-5-6-10-23(22)35-27(26)28(31-18)33-14-13-19(17-33)15-25(34)32-24-12-11-21(16-29-24)20-7-3-2-4-8-20/h2-12,16,19H,13-15,17H2,1H3,(H,29,32,34)/t19-/m1/s1. The minimum atomic E-state index is -0.0236. The van der Waals surface area contributed by atoms with Crippen LogP contribution in [0.2, 0.25) is 0 Å². The number of furan rings is 1. The SMILES string of the molecule is Cc1nc(N2CC[C@H](CC(=O)Nc3ccc(-c4ccccc4)cn3)C2)c2oc3ccccc3c2n1. The number of benzene rings is 2. The Labute approximate surface area is 202 Å². The summed E-state index contributed by atoms with van der Waals surface area (Å²) in [5.41, 5.74) is 4.48. The van der Waals surface area contributed by atoms with E-state index in [0.29, 0.717) is 23.6 Å². The number of aromatic nitrogens is 3. The molecule has 0 unspecified atom stereocenters. The molecule has 7 heteroatoms.